The Morgan fingerprint density at radius 1 is 1.22 bits per heavy atom. The number of carbonyl (C=O) groups is 1. The van der Waals surface area contributed by atoms with Crippen molar-refractivity contribution in [2.45, 2.75) is 39.3 Å². The van der Waals surface area contributed by atoms with Gasteiger partial charge in [0.1, 0.15) is 12.4 Å². The van der Waals surface area contributed by atoms with Gasteiger partial charge >= 0.3 is 5.97 Å². The van der Waals surface area contributed by atoms with Crippen LogP contribution in [0.5, 0.6) is 0 Å². The first-order chi connectivity index (χ1) is 12.8. The van der Waals surface area contributed by atoms with E-state index in [2.05, 4.69) is 29.6 Å². The lowest BCUT2D eigenvalue weighted by atomic mass is 10.1. The summed E-state index contributed by atoms with van der Waals surface area (Å²) in [5, 5.41) is 10.1. The fourth-order valence-electron chi connectivity index (χ4n) is 2.95. The summed E-state index contributed by atoms with van der Waals surface area (Å²) in [6.07, 6.45) is 5.18. The summed E-state index contributed by atoms with van der Waals surface area (Å²) in [5.41, 5.74) is 3.78. The number of hydrogen-bond donors (Lipinski definition) is 1. The molecule has 0 spiro atoms. The van der Waals surface area contributed by atoms with Crippen molar-refractivity contribution in [1.82, 2.24) is 14.5 Å². The van der Waals surface area contributed by atoms with Crippen LogP contribution in [0.1, 0.15) is 15.9 Å². The van der Waals surface area contributed by atoms with E-state index in [0.717, 1.165) is 40.5 Å². The monoisotopic (exact) mass is 383 g/mol. The molecule has 0 bridgehead atoms. The molecule has 6 nitrogen and oxygen atoms in total. The maximum absolute atomic E-state index is 11.0. The molecule has 27 heavy (non-hydrogen) atoms. The van der Waals surface area contributed by atoms with Crippen LogP contribution < -0.4 is 0 Å². The molecular weight excluding hydrogens is 358 g/mol. The number of aromatic nitrogens is 3. The Balaban J connectivity index is 1.88. The number of pyridine rings is 2. The van der Waals surface area contributed by atoms with Crippen LogP contribution in [0.15, 0.2) is 36.8 Å². The number of aromatic carboxylic acids is 1. The second-order valence-electron chi connectivity index (χ2n) is 7.92. The summed E-state index contributed by atoms with van der Waals surface area (Å²) in [6, 6.07) is 6.35. The van der Waals surface area contributed by atoms with Gasteiger partial charge in [-0.2, -0.15) is 0 Å². The molecule has 3 rings (SSSR count). The molecule has 0 radical (unpaired) electrons. The quantitative estimate of drug-likeness (QED) is 0.483. The van der Waals surface area contributed by atoms with E-state index >= 15 is 0 Å². The van der Waals surface area contributed by atoms with Crippen molar-refractivity contribution >= 4 is 25.1 Å². The van der Waals surface area contributed by atoms with Crippen molar-refractivity contribution in [2.24, 2.45) is 0 Å². The average Bonchev–Trinajstić information content (AvgIpc) is 2.94. The number of hydrogen-bond acceptors (Lipinski definition) is 4. The minimum Gasteiger partial charge on any atom is -0.478 e. The van der Waals surface area contributed by atoms with Crippen molar-refractivity contribution in [1.29, 1.82) is 0 Å². The van der Waals surface area contributed by atoms with Crippen molar-refractivity contribution < 1.29 is 14.6 Å². The van der Waals surface area contributed by atoms with Crippen molar-refractivity contribution in [2.75, 3.05) is 6.61 Å². The molecule has 0 atom stereocenters. The second kappa shape index (κ2) is 7.62. The van der Waals surface area contributed by atoms with Gasteiger partial charge in [-0.05, 0) is 36.7 Å². The second-order valence-corrected chi connectivity index (χ2v) is 13.5. The molecule has 0 unspecified atom stereocenters. The molecule has 0 aromatic carbocycles. The molecule has 0 fully saturated rings. The minimum atomic E-state index is -1.11. The van der Waals surface area contributed by atoms with Crippen LogP contribution in [0, 0.1) is 6.92 Å². The number of ether oxygens (including phenoxy) is 1. The first-order valence-electron chi connectivity index (χ1n) is 8.98. The molecule has 0 aliphatic rings. The first-order valence-corrected chi connectivity index (χ1v) is 12.7. The van der Waals surface area contributed by atoms with Gasteiger partial charge in [0.2, 0.25) is 0 Å². The summed E-state index contributed by atoms with van der Waals surface area (Å²) in [4.78, 5) is 19.9. The summed E-state index contributed by atoms with van der Waals surface area (Å²) >= 11 is 0. The van der Waals surface area contributed by atoms with Gasteiger partial charge in [0.15, 0.2) is 0 Å². The summed E-state index contributed by atoms with van der Waals surface area (Å²) in [6.45, 7) is 10.3. The van der Waals surface area contributed by atoms with Crippen LogP contribution >= 0.6 is 0 Å². The van der Waals surface area contributed by atoms with Crippen molar-refractivity contribution in [3.63, 3.8) is 0 Å². The molecule has 3 aromatic rings. The highest BCUT2D eigenvalue weighted by Gasteiger charge is 2.15. The predicted molar refractivity (Wildman–Crippen MR) is 109 cm³/mol. The third kappa shape index (κ3) is 4.43. The molecule has 0 aliphatic carbocycles. The summed E-state index contributed by atoms with van der Waals surface area (Å²) in [7, 11) is -1.11. The van der Waals surface area contributed by atoms with Gasteiger partial charge < -0.3 is 14.4 Å². The van der Waals surface area contributed by atoms with E-state index in [4.69, 9.17) is 9.84 Å². The Labute approximate surface area is 159 Å². The van der Waals surface area contributed by atoms with Gasteiger partial charge in [0, 0.05) is 44.2 Å². The van der Waals surface area contributed by atoms with Crippen LogP contribution in [0.3, 0.4) is 0 Å². The number of carboxylic acid groups (broad SMARTS) is 1. The zero-order chi connectivity index (χ0) is 19.6. The molecule has 7 heteroatoms. The Hall–Kier alpha value is -2.51. The fourth-order valence-corrected chi connectivity index (χ4v) is 3.71. The fraction of sp³-hybridized carbons (Fsp3) is 0.350. The average molecular weight is 384 g/mol. The largest absolute Gasteiger partial charge is 0.478 e. The third-order valence-corrected chi connectivity index (χ3v) is 6.16. The highest BCUT2D eigenvalue weighted by molar-refractivity contribution is 6.76. The topological polar surface area (TPSA) is 77.2 Å². The van der Waals surface area contributed by atoms with Gasteiger partial charge in [-0.1, -0.05) is 19.6 Å². The lowest BCUT2D eigenvalue weighted by Crippen LogP contribution is -2.22. The number of rotatable bonds is 7. The number of carboxylic acids is 1. The third-order valence-electron chi connectivity index (χ3n) is 4.46. The number of aryl methyl sites for hydroxylation is 1. The van der Waals surface area contributed by atoms with Crippen LogP contribution in [0.4, 0.5) is 0 Å². The van der Waals surface area contributed by atoms with Gasteiger partial charge in [0.25, 0.3) is 0 Å². The Morgan fingerprint density at radius 3 is 2.63 bits per heavy atom. The number of nitrogens with zero attached hydrogens (tertiary/aromatic N) is 3. The van der Waals surface area contributed by atoms with Crippen molar-refractivity contribution in [3.05, 3.63) is 47.9 Å². The van der Waals surface area contributed by atoms with Crippen molar-refractivity contribution in [3.8, 4) is 11.3 Å². The van der Waals surface area contributed by atoms with E-state index < -0.39 is 14.0 Å². The lowest BCUT2D eigenvalue weighted by molar-refractivity contribution is 0.0696. The molecular formula is C20H25N3O3Si. The van der Waals surface area contributed by atoms with Gasteiger partial charge in [-0.15, -0.1) is 0 Å². The Bertz CT molecular complexity index is 959. The maximum Gasteiger partial charge on any atom is 0.337 e. The normalized spacial score (nSPS) is 11.9. The van der Waals surface area contributed by atoms with E-state index in [1.165, 1.54) is 6.20 Å². The highest BCUT2D eigenvalue weighted by Crippen LogP contribution is 2.30. The summed E-state index contributed by atoms with van der Waals surface area (Å²) < 4.78 is 7.90. The molecule has 0 aliphatic heterocycles. The van der Waals surface area contributed by atoms with E-state index in [-0.39, 0.29) is 5.56 Å². The van der Waals surface area contributed by atoms with E-state index in [1.54, 1.807) is 18.3 Å². The van der Waals surface area contributed by atoms with Gasteiger partial charge in [-0.3, -0.25) is 4.98 Å². The van der Waals surface area contributed by atoms with Crippen LogP contribution in [-0.4, -0.2) is 40.3 Å². The molecule has 0 saturated heterocycles. The smallest absolute Gasteiger partial charge is 0.337 e. The Morgan fingerprint density at radius 2 is 2.00 bits per heavy atom. The highest BCUT2D eigenvalue weighted by atomic mass is 28.3. The molecule has 0 saturated carbocycles. The van der Waals surface area contributed by atoms with Gasteiger partial charge in [0.05, 0.1) is 11.3 Å². The predicted octanol–water partition coefficient (Wildman–Crippen LogP) is 4.42. The minimum absolute atomic E-state index is 0.175. The first kappa shape index (κ1) is 19.3. The Kier molecular flexibility index (Phi) is 5.43. The molecule has 3 aromatic heterocycles. The summed E-state index contributed by atoms with van der Waals surface area (Å²) in [5.74, 6) is -0.980. The molecule has 0 amide bonds. The zero-order valence-corrected chi connectivity index (χ0v) is 17.2. The molecule has 3 heterocycles. The zero-order valence-electron chi connectivity index (χ0n) is 16.2. The van der Waals surface area contributed by atoms with Crippen LogP contribution in [0.2, 0.25) is 25.7 Å². The SMILES string of the molecule is Cc1cn(COCC[Si](C)(C)C)c2nccc(-c3ccc(C(=O)O)cn3)c12. The van der Waals surface area contributed by atoms with E-state index in [1.807, 2.05) is 23.8 Å². The standard InChI is InChI=1S/C20H25N3O3Si/c1-14-12-23(13-26-9-10-27(2,3)4)19-18(14)16(7-8-21-19)17-6-5-15(11-22-17)20(24)25/h5-8,11-12H,9-10,13H2,1-4H3,(H,24,25). The van der Waals surface area contributed by atoms with E-state index in [9.17, 15) is 4.79 Å². The maximum atomic E-state index is 11.0. The van der Waals surface area contributed by atoms with Crippen LogP contribution in [0.25, 0.3) is 22.3 Å². The van der Waals surface area contributed by atoms with E-state index in [0.29, 0.717) is 6.73 Å². The molecule has 1 N–H and O–H groups in total. The lowest BCUT2D eigenvalue weighted by Gasteiger charge is -2.15. The van der Waals surface area contributed by atoms with Gasteiger partial charge in [-0.25, -0.2) is 9.78 Å². The number of fused-ring (bicyclic) bond motifs is 1. The van der Waals surface area contributed by atoms with Crippen LogP contribution in [-0.2, 0) is 11.5 Å². The molecule has 142 valence electrons.